The topological polar surface area (TPSA) is 12.0 Å². The summed E-state index contributed by atoms with van der Waals surface area (Å²) in [4.78, 5) is 0. The lowest BCUT2D eigenvalue weighted by Gasteiger charge is -2.29. The van der Waals surface area contributed by atoms with E-state index in [1.165, 1.54) is 25.7 Å². The number of nitrogens with one attached hydrogen (secondary N) is 1. The average molecular weight is 257 g/mol. The molecule has 0 bridgehead atoms. The van der Waals surface area contributed by atoms with Gasteiger partial charge in [0, 0.05) is 18.9 Å². The molecule has 3 heteroatoms. The van der Waals surface area contributed by atoms with Crippen LogP contribution in [-0.4, -0.2) is 19.0 Å². The second-order valence-electron chi connectivity index (χ2n) is 6.85. The largest absolute Gasteiger partial charge is 0.317 e. The maximum Gasteiger partial charge on any atom is 0.248 e. The Balaban J connectivity index is 1.58. The lowest BCUT2D eigenvalue weighted by atomic mass is 9.83. The van der Waals surface area contributed by atoms with Crippen molar-refractivity contribution in [1.29, 1.82) is 0 Å². The molecule has 3 aliphatic rings. The molecule has 3 fully saturated rings. The highest BCUT2D eigenvalue weighted by Crippen LogP contribution is 2.52. The van der Waals surface area contributed by atoms with E-state index < -0.39 is 5.92 Å². The zero-order chi connectivity index (χ0) is 12.8. The van der Waals surface area contributed by atoms with E-state index >= 15 is 0 Å². The summed E-state index contributed by atoms with van der Waals surface area (Å²) in [6.07, 6.45) is 7.45. The van der Waals surface area contributed by atoms with E-state index in [0.717, 1.165) is 30.6 Å². The minimum absolute atomic E-state index is 0.117. The predicted molar refractivity (Wildman–Crippen MR) is 68.7 cm³/mol. The molecule has 2 atom stereocenters. The zero-order valence-corrected chi connectivity index (χ0v) is 11.3. The van der Waals surface area contributed by atoms with Crippen molar-refractivity contribution in [2.24, 2.45) is 23.7 Å². The summed E-state index contributed by atoms with van der Waals surface area (Å²) in [7, 11) is 2.02. The number of hydrogen-bond acceptors (Lipinski definition) is 1. The molecule has 3 saturated carbocycles. The first kappa shape index (κ1) is 12.8. The molecule has 0 saturated heterocycles. The molecular formula is C15H25F2N. The summed E-state index contributed by atoms with van der Waals surface area (Å²) in [5.41, 5.74) is 0. The maximum atomic E-state index is 13.3. The van der Waals surface area contributed by atoms with Gasteiger partial charge < -0.3 is 5.32 Å². The molecule has 0 amide bonds. The van der Waals surface area contributed by atoms with Crippen LogP contribution in [0.25, 0.3) is 0 Å². The van der Waals surface area contributed by atoms with Crippen molar-refractivity contribution >= 4 is 0 Å². The molecule has 0 heterocycles. The Morgan fingerprint density at radius 1 is 1.11 bits per heavy atom. The van der Waals surface area contributed by atoms with Gasteiger partial charge in [-0.05, 0) is 69.2 Å². The summed E-state index contributed by atoms with van der Waals surface area (Å²) < 4.78 is 26.5. The number of rotatable bonds is 6. The Morgan fingerprint density at radius 2 is 1.72 bits per heavy atom. The molecule has 3 aliphatic carbocycles. The van der Waals surface area contributed by atoms with Crippen LogP contribution in [0, 0.1) is 23.7 Å². The molecule has 1 N–H and O–H groups in total. The molecule has 18 heavy (non-hydrogen) atoms. The minimum Gasteiger partial charge on any atom is -0.317 e. The Labute approximate surface area is 109 Å². The summed E-state index contributed by atoms with van der Waals surface area (Å²) in [6, 6.07) is 0.490. The second-order valence-corrected chi connectivity index (χ2v) is 6.85. The molecule has 0 spiro atoms. The Hall–Kier alpha value is -0.180. The Morgan fingerprint density at radius 3 is 2.11 bits per heavy atom. The van der Waals surface area contributed by atoms with Crippen molar-refractivity contribution in [3.63, 3.8) is 0 Å². The quantitative estimate of drug-likeness (QED) is 0.762. The average Bonchev–Trinajstić information content (AvgIpc) is 3.20. The van der Waals surface area contributed by atoms with Crippen molar-refractivity contribution in [3.8, 4) is 0 Å². The monoisotopic (exact) mass is 257 g/mol. The normalized spacial score (nSPS) is 33.0. The van der Waals surface area contributed by atoms with Gasteiger partial charge in [-0.3, -0.25) is 0 Å². The van der Waals surface area contributed by atoms with Crippen LogP contribution in [-0.2, 0) is 0 Å². The van der Waals surface area contributed by atoms with E-state index in [1.807, 2.05) is 7.05 Å². The summed E-state index contributed by atoms with van der Waals surface area (Å²) in [5, 5.41) is 3.45. The Kier molecular flexibility index (Phi) is 3.38. The standard InChI is InChI=1S/C15H25F2N/c1-18-13(8-10-6-7-15(16,17)9-10)14(11-2-3-11)12-4-5-12/h10-14,18H,2-9H2,1H3. The third-order valence-electron chi connectivity index (χ3n) is 5.26. The van der Waals surface area contributed by atoms with Gasteiger partial charge in [-0.1, -0.05) is 0 Å². The lowest BCUT2D eigenvalue weighted by molar-refractivity contribution is 0.00392. The van der Waals surface area contributed by atoms with E-state index in [1.54, 1.807) is 0 Å². The molecule has 0 aromatic heterocycles. The van der Waals surface area contributed by atoms with E-state index in [2.05, 4.69) is 5.32 Å². The third-order valence-corrected chi connectivity index (χ3v) is 5.26. The molecule has 0 aromatic rings. The number of hydrogen-bond donors (Lipinski definition) is 1. The van der Waals surface area contributed by atoms with Crippen molar-refractivity contribution in [2.75, 3.05) is 7.05 Å². The summed E-state index contributed by atoms with van der Waals surface area (Å²) in [6.45, 7) is 0. The van der Waals surface area contributed by atoms with E-state index in [4.69, 9.17) is 0 Å². The van der Waals surface area contributed by atoms with Crippen LogP contribution < -0.4 is 5.32 Å². The predicted octanol–water partition coefficient (Wildman–Crippen LogP) is 3.84. The highest BCUT2D eigenvalue weighted by atomic mass is 19.3. The number of alkyl halides is 2. The highest BCUT2D eigenvalue weighted by Gasteiger charge is 2.47. The first-order chi connectivity index (χ1) is 8.59. The summed E-state index contributed by atoms with van der Waals surface area (Å²) >= 11 is 0. The fraction of sp³-hybridized carbons (Fsp3) is 1.00. The molecule has 0 aromatic carbocycles. The van der Waals surface area contributed by atoms with Crippen LogP contribution in [0.2, 0.25) is 0 Å². The van der Waals surface area contributed by atoms with E-state index in [-0.39, 0.29) is 18.8 Å². The molecular weight excluding hydrogens is 232 g/mol. The van der Waals surface area contributed by atoms with Crippen LogP contribution in [0.3, 0.4) is 0 Å². The number of halogens is 2. The molecule has 104 valence electrons. The van der Waals surface area contributed by atoms with Crippen molar-refractivity contribution in [2.45, 2.75) is 63.3 Å². The zero-order valence-electron chi connectivity index (χ0n) is 11.3. The molecule has 0 aliphatic heterocycles. The fourth-order valence-electron chi connectivity index (χ4n) is 4.07. The van der Waals surface area contributed by atoms with Crippen LogP contribution in [0.5, 0.6) is 0 Å². The van der Waals surface area contributed by atoms with E-state index in [9.17, 15) is 8.78 Å². The van der Waals surface area contributed by atoms with Gasteiger partial charge in [-0.15, -0.1) is 0 Å². The highest BCUT2D eigenvalue weighted by molar-refractivity contribution is 4.98. The van der Waals surface area contributed by atoms with Crippen molar-refractivity contribution in [3.05, 3.63) is 0 Å². The van der Waals surface area contributed by atoms with Crippen molar-refractivity contribution in [1.82, 2.24) is 5.32 Å². The van der Waals surface area contributed by atoms with Crippen LogP contribution in [0.15, 0.2) is 0 Å². The SMILES string of the molecule is CNC(CC1CCC(F)(F)C1)C(C1CC1)C1CC1. The maximum absolute atomic E-state index is 13.3. The fourth-order valence-corrected chi connectivity index (χ4v) is 4.07. The van der Waals surface area contributed by atoms with Crippen molar-refractivity contribution < 1.29 is 8.78 Å². The second kappa shape index (κ2) is 4.73. The first-order valence-electron chi connectivity index (χ1n) is 7.64. The van der Waals surface area contributed by atoms with E-state index in [0.29, 0.717) is 6.04 Å². The van der Waals surface area contributed by atoms with Gasteiger partial charge in [0.2, 0.25) is 5.92 Å². The van der Waals surface area contributed by atoms with Gasteiger partial charge in [-0.2, -0.15) is 0 Å². The van der Waals surface area contributed by atoms with Gasteiger partial charge in [0.25, 0.3) is 0 Å². The van der Waals surface area contributed by atoms with Gasteiger partial charge in [0.05, 0.1) is 0 Å². The van der Waals surface area contributed by atoms with Gasteiger partial charge in [-0.25, -0.2) is 8.78 Å². The molecule has 0 radical (unpaired) electrons. The van der Waals surface area contributed by atoms with Gasteiger partial charge in [0.1, 0.15) is 0 Å². The van der Waals surface area contributed by atoms with Gasteiger partial charge >= 0.3 is 0 Å². The molecule has 3 rings (SSSR count). The first-order valence-corrected chi connectivity index (χ1v) is 7.64. The van der Waals surface area contributed by atoms with Crippen LogP contribution >= 0.6 is 0 Å². The van der Waals surface area contributed by atoms with Crippen LogP contribution in [0.1, 0.15) is 51.4 Å². The minimum atomic E-state index is -2.38. The van der Waals surface area contributed by atoms with Crippen LogP contribution in [0.4, 0.5) is 8.78 Å². The van der Waals surface area contributed by atoms with Gasteiger partial charge in [0.15, 0.2) is 0 Å². The smallest absolute Gasteiger partial charge is 0.248 e. The molecule has 1 nitrogen and oxygen atoms in total. The Bertz CT molecular complexity index is 285. The molecule has 2 unspecified atom stereocenters. The summed E-state index contributed by atoms with van der Waals surface area (Å²) in [5.74, 6) is 0.452. The third kappa shape index (κ3) is 2.87. The lowest BCUT2D eigenvalue weighted by Crippen LogP contribution is -2.37.